The molecule has 1 fully saturated rings. The highest BCUT2D eigenvalue weighted by Crippen LogP contribution is 2.28. The highest BCUT2D eigenvalue weighted by atomic mass is 16.2. The van der Waals surface area contributed by atoms with E-state index >= 15 is 0 Å². The summed E-state index contributed by atoms with van der Waals surface area (Å²) in [7, 11) is 0. The number of benzene rings is 2. The first-order valence-electron chi connectivity index (χ1n) is 11.2. The Kier molecular flexibility index (Phi) is 6.64. The molecule has 0 saturated carbocycles. The van der Waals surface area contributed by atoms with Crippen LogP contribution in [0.2, 0.25) is 0 Å². The smallest absolute Gasteiger partial charge is 0.253 e. The molecule has 1 saturated heterocycles. The molecular formula is C27H29N3O2. The van der Waals surface area contributed by atoms with Gasteiger partial charge in [0.15, 0.2) is 0 Å². The molecule has 2 unspecified atom stereocenters. The molecule has 0 radical (unpaired) electrons. The highest BCUT2D eigenvalue weighted by Gasteiger charge is 2.28. The van der Waals surface area contributed by atoms with Gasteiger partial charge in [0, 0.05) is 49.9 Å². The first kappa shape index (κ1) is 21.8. The zero-order valence-corrected chi connectivity index (χ0v) is 18.6. The van der Waals surface area contributed by atoms with Crippen molar-refractivity contribution >= 4 is 11.8 Å². The number of hydrogen-bond donors (Lipinski definition) is 1. The predicted molar refractivity (Wildman–Crippen MR) is 126 cm³/mol. The van der Waals surface area contributed by atoms with Gasteiger partial charge in [-0.05, 0) is 66.3 Å². The van der Waals surface area contributed by atoms with Crippen molar-refractivity contribution in [3.8, 4) is 11.1 Å². The molecule has 1 aliphatic heterocycles. The average molecular weight is 428 g/mol. The number of amides is 2. The lowest BCUT2D eigenvalue weighted by atomic mass is 9.99. The molecule has 5 heteroatoms. The van der Waals surface area contributed by atoms with Gasteiger partial charge in [-0.15, -0.1) is 0 Å². The maximum Gasteiger partial charge on any atom is 0.253 e. The summed E-state index contributed by atoms with van der Waals surface area (Å²) in [6, 6.07) is 20.4. The number of nitrogens with zero attached hydrogens (tertiary/aromatic N) is 2. The molecule has 2 amide bonds. The Labute approximate surface area is 189 Å². The Bertz CT molecular complexity index is 1080. The van der Waals surface area contributed by atoms with E-state index in [0.717, 1.165) is 42.6 Å². The third kappa shape index (κ3) is 5.22. The van der Waals surface area contributed by atoms with Crippen molar-refractivity contribution < 1.29 is 9.59 Å². The van der Waals surface area contributed by atoms with E-state index in [1.807, 2.05) is 60.6 Å². The molecule has 32 heavy (non-hydrogen) atoms. The van der Waals surface area contributed by atoms with Crippen molar-refractivity contribution in [3.05, 3.63) is 89.7 Å². The van der Waals surface area contributed by atoms with E-state index in [0.29, 0.717) is 5.92 Å². The predicted octanol–water partition coefficient (Wildman–Crippen LogP) is 4.45. The SMILES string of the molecule is CC(=O)NC(C)Cc1ccc(-c2cccc(C(=O)N3CCC(c4ccncc4)C3)c2)cc1. The molecule has 2 aromatic carbocycles. The lowest BCUT2D eigenvalue weighted by Crippen LogP contribution is -2.31. The maximum absolute atomic E-state index is 13.1. The maximum atomic E-state index is 13.1. The Morgan fingerprint density at radius 2 is 1.81 bits per heavy atom. The summed E-state index contributed by atoms with van der Waals surface area (Å²) < 4.78 is 0. The summed E-state index contributed by atoms with van der Waals surface area (Å²) in [5.41, 5.74) is 5.24. The normalized spacial score (nSPS) is 16.6. The molecule has 0 bridgehead atoms. The van der Waals surface area contributed by atoms with Crippen molar-refractivity contribution in [1.82, 2.24) is 15.2 Å². The average Bonchev–Trinajstić information content (AvgIpc) is 3.29. The van der Waals surface area contributed by atoms with Gasteiger partial charge in [-0.25, -0.2) is 0 Å². The molecule has 5 nitrogen and oxygen atoms in total. The van der Waals surface area contributed by atoms with Crippen LogP contribution < -0.4 is 5.32 Å². The number of nitrogens with one attached hydrogen (secondary N) is 1. The first-order valence-corrected chi connectivity index (χ1v) is 11.2. The number of likely N-dealkylation sites (tertiary alicyclic amines) is 1. The topological polar surface area (TPSA) is 62.3 Å². The van der Waals surface area contributed by atoms with Gasteiger partial charge in [0.1, 0.15) is 0 Å². The molecule has 3 aromatic rings. The van der Waals surface area contributed by atoms with Crippen molar-refractivity contribution in [2.45, 2.75) is 38.6 Å². The van der Waals surface area contributed by atoms with Gasteiger partial charge in [-0.2, -0.15) is 0 Å². The van der Waals surface area contributed by atoms with Crippen molar-refractivity contribution in [2.24, 2.45) is 0 Å². The lowest BCUT2D eigenvalue weighted by molar-refractivity contribution is -0.119. The molecule has 1 aliphatic rings. The Morgan fingerprint density at radius 1 is 1.06 bits per heavy atom. The van der Waals surface area contributed by atoms with Crippen LogP contribution in [0.4, 0.5) is 0 Å². The van der Waals surface area contributed by atoms with E-state index < -0.39 is 0 Å². The summed E-state index contributed by atoms with van der Waals surface area (Å²) in [5, 5.41) is 2.91. The van der Waals surface area contributed by atoms with E-state index in [9.17, 15) is 9.59 Å². The second kappa shape index (κ2) is 9.77. The summed E-state index contributed by atoms with van der Waals surface area (Å²) in [4.78, 5) is 30.4. The van der Waals surface area contributed by atoms with Crippen LogP contribution in [-0.4, -0.2) is 40.8 Å². The third-order valence-electron chi connectivity index (χ3n) is 6.04. The molecule has 1 aromatic heterocycles. The second-order valence-electron chi connectivity index (χ2n) is 8.60. The molecule has 164 valence electrons. The minimum atomic E-state index is -0.0132. The Morgan fingerprint density at radius 3 is 2.53 bits per heavy atom. The van der Waals surface area contributed by atoms with E-state index in [4.69, 9.17) is 0 Å². The van der Waals surface area contributed by atoms with Crippen LogP contribution in [0, 0.1) is 0 Å². The fraction of sp³-hybridized carbons (Fsp3) is 0.296. The van der Waals surface area contributed by atoms with Crippen molar-refractivity contribution in [1.29, 1.82) is 0 Å². The fourth-order valence-electron chi connectivity index (χ4n) is 4.45. The Balaban J connectivity index is 1.43. The molecule has 1 N–H and O–H groups in total. The monoisotopic (exact) mass is 427 g/mol. The zero-order chi connectivity index (χ0) is 22.5. The van der Waals surface area contributed by atoms with Crippen molar-refractivity contribution in [3.63, 3.8) is 0 Å². The minimum absolute atomic E-state index is 0.0132. The molecule has 4 rings (SSSR count). The van der Waals surface area contributed by atoms with Crippen molar-refractivity contribution in [2.75, 3.05) is 13.1 Å². The van der Waals surface area contributed by atoms with E-state index in [1.54, 1.807) is 0 Å². The number of hydrogen-bond acceptors (Lipinski definition) is 3. The molecule has 2 heterocycles. The number of rotatable bonds is 6. The largest absolute Gasteiger partial charge is 0.354 e. The van der Waals surface area contributed by atoms with Crippen LogP contribution in [0.5, 0.6) is 0 Å². The van der Waals surface area contributed by atoms with Crippen LogP contribution >= 0.6 is 0 Å². The van der Waals surface area contributed by atoms with Gasteiger partial charge in [-0.1, -0.05) is 36.4 Å². The van der Waals surface area contributed by atoms with Crippen LogP contribution in [0.1, 0.15) is 47.7 Å². The van der Waals surface area contributed by atoms with Gasteiger partial charge in [-0.3, -0.25) is 14.6 Å². The van der Waals surface area contributed by atoms with Crippen LogP contribution in [0.25, 0.3) is 11.1 Å². The highest BCUT2D eigenvalue weighted by molar-refractivity contribution is 5.95. The lowest BCUT2D eigenvalue weighted by Gasteiger charge is -2.17. The van der Waals surface area contributed by atoms with E-state index in [-0.39, 0.29) is 17.9 Å². The number of pyridine rings is 1. The minimum Gasteiger partial charge on any atom is -0.354 e. The number of carbonyl (C=O) groups is 2. The van der Waals surface area contributed by atoms with Crippen LogP contribution in [0.15, 0.2) is 73.1 Å². The van der Waals surface area contributed by atoms with Gasteiger partial charge >= 0.3 is 0 Å². The fourth-order valence-corrected chi connectivity index (χ4v) is 4.45. The quantitative estimate of drug-likeness (QED) is 0.632. The first-order chi connectivity index (χ1) is 15.5. The van der Waals surface area contributed by atoms with Crippen LogP contribution in [0.3, 0.4) is 0 Å². The summed E-state index contributed by atoms with van der Waals surface area (Å²) in [6.07, 6.45) is 5.39. The van der Waals surface area contributed by atoms with Gasteiger partial charge < -0.3 is 10.2 Å². The number of carbonyl (C=O) groups excluding carboxylic acids is 2. The van der Waals surface area contributed by atoms with Gasteiger partial charge in [0.25, 0.3) is 5.91 Å². The van der Waals surface area contributed by atoms with Crippen LogP contribution in [-0.2, 0) is 11.2 Å². The zero-order valence-electron chi connectivity index (χ0n) is 18.6. The molecule has 0 aliphatic carbocycles. The Hall–Kier alpha value is -3.47. The van der Waals surface area contributed by atoms with Gasteiger partial charge in [0.05, 0.1) is 0 Å². The summed E-state index contributed by atoms with van der Waals surface area (Å²) in [5.74, 6) is 0.447. The summed E-state index contributed by atoms with van der Waals surface area (Å²) in [6.45, 7) is 5.06. The molecule has 0 spiro atoms. The number of aromatic nitrogens is 1. The van der Waals surface area contributed by atoms with E-state index in [2.05, 4.69) is 34.6 Å². The van der Waals surface area contributed by atoms with Gasteiger partial charge in [0.2, 0.25) is 5.91 Å². The standard InChI is InChI=1S/C27H29N3O2/c1-19(29-20(2)31)16-21-6-8-22(9-7-21)24-4-3-5-25(17-24)27(32)30-15-12-26(18-30)23-10-13-28-14-11-23/h3-11,13-14,17,19,26H,12,15-16,18H2,1-2H3,(H,29,31). The second-order valence-corrected chi connectivity index (χ2v) is 8.60. The molecule has 2 atom stereocenters. The molecular weight excluding hydrogens is 398 g/mol. The third-order valence-corrected chi connectivity index (χ3v) is 6.04. The summed E-state index contributed by atoms with van der Waals surface area (Å²) >= 11 is 0. The van der Waals surface area contributed by atoms with E-state index in [1.165, 1.54) is 18.1 Å².